The van der Waals surface area contributed by atoms with Gasteiger partial charge in [0.15, 0.2) is 18.2 Å². The molecular weight excluding hydrogens is 531 g/mol. The third kappa shape index (κ3) is 5.12. The second kappa shape index (κ2) is 11.0. The van der Waals surface area contributed by atoms with E-state index in [1.807, 2.05) is 6.26 Å². The molecule has 0 saturated carbocycles. The number of rotatable bonds is 9. The van der Waals surface area contributed by atoms with Gasteiger partial charge in [0.25, 0.3) is 0 Å². The molecule has 188 valence electrons. The third-order valence-corrected chi connectivity index (χ3v) is 6.53. The van der Waals surface area contributed by atoms with Crippen molar-refractivity contribution in [3.8, 4) is 11.1 Å². The molecule has 0 amide bonds. The predicted octanol–water partition coefficient (Wildman–Crippen LogP) is 6.44. The lowest BCUT2D eigenvalue weighted by atomic mass is 9.94. The van der Waals surface area contributed by atoms with Gasteiger partial charge in [-0.2, -0.15) is 5.10 Å². The van der Waals surface area contributed by atoms with Crippen LogP contribution in [0, 0.1) is 17.0 Å². The Balaban J connectivity index is 1.95. The highest BCUT2D eigenvalue weighted by molar-refractivity contribution is 7.99. The molecule has 36 heavy (non-hydrogen) atoms. The van der Waals surface area contributed by atoms with Gasteiger partial charge in [0.1, 0.15) is 17.3 Å². The summed E-state index contributed by atoms with van der Waals surface area (Å²) in [5, 5.41) is 13.4. The van der Waals surface area contributed by atoms with E-state index >= 15 is 0 Å². The summed E-state index contributed by atoms with van der Waals surface area (Å²) in [4.78, 5) is 4.55. The standard InChI is InChI=1S/C23H21ClF3N7S2/c1-34-22-14(3-4-16(24)20(22)23(31-34)33-35-2)15-9-18(32-36-27)19(10-28)30-21(15)17(29)7-11-5-12(25)8-13(26)6-11/h3-6,8-10,17,28,32H,7,29H2,1-2H3,(H,31,33). The highest BCUT2D eigenvalue weighted by atomic mass is 35.5. The van der Waals surface area contributed by atoms with Crippen molar-refractivity contribution in [1.82, 2.24) is 14.8 Å². The van der Waals surface area contributed by atoms with Gasteiger partial charge in [-0.05, 0) is 36.2 Å². The first-order chi connectivity index (χ1) is 17.3. The summed E-state index contributed by atoms with van der Waals surface area (Å²) in [5.74, 6) is -0.865. The summed E-state index contributed by atoms with van der Waals surface area (Å²) in [6.45, 7) is 0. The van der Waals surface area contributed by atoms with Crippen LogP contribution in [0.2, 0.25) is 5.02 Å². The topological polar surface area (TPSA) is 105 Å². The summed E-state index contributed by atoms with van der Waals surface area (Å²) in [5.41, 5.74) is 9.51. The van der Waals surface area contributed by atoms with Crippen LogP contribution in [0.3, 0.4) is 0 Å². The fourth-order valence-corrected chi connectivity index (χ4v) is 4.94. The zero-order valence-electron chi connectivity index (χ0n) is 19.1. The van der Waals surface area contributed by atoms with Crippen LogP contribution in [0.1, 0.15) is 23.0 Å². The molecule has 5 N–H and O–H groups in total. The number of pyridine rings is 1. The largest absolute Gasteiger partial charge is 0.322 e. The van der Waals surface area contributed by atoms with E-state index in [1.165, 1.54) is 24.1 Å². The molecule has 13 heteroatoms. The Morgan fingerprint density at radius 1 is 1.17 bits per heavy atom. The lowest BCUT2D eigenvalue weighted by molar-refractivity contribution is 0.576. The number of nitrogens with zero attached hydrogens (tertiary/aromatic N) is 3. The second-order valence-electron chi connectivity index (χ2n) is 7.86. The van der Waals surface area contributed by atoms with Gasteiger partial charge in [-0.3, -0.25) is 4.68 Å². The fourth-order valence-electron chi connectivity index (χ4n) is 4.12. The first kappa shape index (κ1) is 26.1. The van der Waals surface area contributed by atoms with E-state index in [2.05, 4.69) is 19.5 Å². The van der Waals surface area contributed by atoms with Gasteiger partial charge in [-0.15, -0.1) is 3.89 Å². The van der Waals surface area contributed by atoms with Crippen LogP contribution in [0.15, 0.2) is 36.4 Å². The molecule has 0 aliphatic heterocycles. The molecule has 2 aromatic carbocycles. The van der Waals surface area contributed by atoms with Crippen molar-refractivity contribution in [3.63, 3.8) is 0 Å². The smallest absolute Gasteiger partial charge is 0.167 e. The number of benzene rings is 2. The number of halogens is 4. The Kier molecular flexibility index (Phi) is 7.98. The summed E-state index contributed by atoms with van der Waals surface area (Å²) >= 11 is 7.76. The summed E-state index contributed by atoms with van der Waals surface area (Å²) in [7, 11) is 1.76. The van der Waals surface area contributed by atoms with Gasteiger partial charge in [0, 0.05) is 36.7 Å². The average molecular weight is 552 g/mol. The molecule has 0 fully saturated rings. The van der Waals surface area contributed by atoms with Crippen molar-refractivity contribution in [2.45, 2.75) is 12.5 Å². The monoisotopic (exact) mass is 551 g/mol. The van der Waals surface area contributed by atoms with Gasteiger partial charge in [-0.25, -0.2) is 13.8 Å². The van der Waals surface area contributed by atoms with E-state index in [9.17, 15) is 12.7 Å². The highest BCUT2D eigenvalue weighted by Gasteiger charge is 2.23. The Labute approximate surface area is 219 Å². The minimum absolute atomic E-state index is 0.0676. The SMILES string of the molecule is CSNc1nn(C)c2c(-c3cc(NSF)c(C=N)nc3C(N)Cc3cc(F)cc(F)c3)ccc(Cl)c12. The van der Waals surface area contributed by atoms with Crippen LogP contribution in [0.4, 0.5) is 24.2 Å². The van der Waals surface area contributed by atoms with Gasteiger partial charge in [0.05, 0.1) is 33.3 Å². The maximum absolute atomic E-state index is 13.8. The predicted molar refractivity (Wildman–Crippen MR) is 143 cm³/mol. The lowest BCUT2D eigenvalue weighted by Crippen LogP contribution is -2.18. The normalized spacial score (nSPS) is 12.1. The van der Waals surface area contributed by atoms with Crippen molar-refractivity contribution < 1.29 is 12.7 Å². The van der Waals surface area contributed by atoms with Gasteiger partial charge in [-0.1, -0.05) is 29.6 Å². The van der Waals surface area contributed by atoms with Crippen LogP contribution < -0.4 is 15.2 Å². The molecule has 0 aliphatic rings. The van der Waals surface area contributed by atoms with E-state index in [0.29, 0.717) is 44.1 Å². The summed E-state index contributed by atoms with van der Waals surface area (Å²) in [6, 6.07) is 7.52. The number of hydrogen-bond acceptors (Lipinski definition) is 8. The molecule has 2 aromatic heterocycles. The molecule has 0 radical (unpaired) electrons. The van der Waals surface area contributed by atoms with Crippen molar-refractivity contribution in [2.75, 3.05) is 15.7 Å². The molecule has 7 nitrogen and oxygen atoms in total. The van der Waals surface area contributed by atoms with Crippen LogP contribution in [0.5, 0.6) is 0 Å². The van der Waals surface area contributed by atoms with Crippen molar-refractivity contribution in [3.05, 3.63) is 70.0 Å². The third-order valence-electron chi connectivity index (χ3n) is 5.52. The number of anilines is 2. The summed E-state index contributed by atoms with van der Waals surface area (Å²) < 4.78 is 48.1. The molecular formula is C23H21ClF3N7S2. The highest BCUT2D eigenvalue weighted by Crippen LogP contribution is 2.41. The molecule has 0 saturated heterocycles. The molecule has 0 spiro atoms. The summed E-state index contributed by atoms with van der Waals surface area (Å²) in [6.07, 6.45) is 2.90. The first-order valence-electron chi connectivity index (χ1n) is 10.5. The second-order valence-corrected chi connectivity index (χ2v) is 9.24. The van der Waals surface area contributed by atoms with Crippen LogP contribution >= 0.6 is 35.9 Å². The number of fused-ring (bicyclic) bond motifs is 1. The van der Waals surface area contributed by atoms with Crippen molar-refractivity contribution in [2.24, 2.45) is 12.8 Å². The van der Waals surface area contributed by atoms with E-state index in [4.69, 9.17) is 22.7 Å². The van der Waals surface area contributed by atoms with E-state index in [1.54, 1.807) is 29.9 Å². The molecule has 0 aliphatic carbocycles. The lowest BCUT2D eigenvalue weighted by Gasteiger charge is -2.20. The van der Waals surface area contributed by atoms with Gasteiger partial charge < -0.3 is 20.6 Å². The number of nitrogens with one attached hydrogen (secondary N) is 3. The zero-order chi connectivity index (χ0) is 26.0. The van der Waals surface area contributed by atoms with Crippen LogP contribution in [0.25, 0.3) is 22.0 Å². The number of aromatic nitrogens is 3. The minimum Gasteiger partial charge on any atom is -0.322 e. The van der Waals surface area contributed by atoms with Crippen LogP contribution in [-0.2, 0) is 13.5 Å². The molecule has 1 atom stereocenters. The Hall–Kier alpha value is -2.93. The van der Waals surface area contributed by atoms with E-state index in [-0.39, 0.29) is 30.1 Å². The number of aryl methyl sites for hydroxylation is 1. The maximum atomic E-state index is 13.8. The zero-order valence-corrected chi connectivity index (χ0v) is 21.5. The quantitative estimate of drug-likeness (QED) is 0.140. The molecule has 4 aromatic rings. The van der Waals surface area contributed by atoms with Crippen molar-refractivity contribution in [1.29, 1.82) is 5.41 Å². The van der Waals surface area contributed by atoms with Crippen LogP contribution in [-0.4, -0.2) is 27.2 Å². The average Bonchev–Trinajstić information content (AvgIpc) is 3.15. The van der Waals surface area contributed by atoms with Gasteiger partial charge in [0.2, 0.25) is 0 Å². The minimum atomic E-state index is -0.810. The van der Waals surface area contributed by atoms with Gasteiger partial charge >= 0.3 is 0 Å². The van der Waals surface area contributed by atoms with E-state index < -0.39 is 17.7 Å². The molecule has 4 rings (SSSR count). The maximum Gasteiger partial charge on any atom is 0.167 e. The molecule has 1 unspecified atom stereocenters. The van der Waals surface area contributed by atoms with E-state index in [0.717, 1.165) is 12.3 Å². The van der Waals surface area contributed by atoms with Crippen molar-refractivity contribution >= 4 is 64.5 Å². The number of hydrogen-bond donors (Lipinski definition) is 4. The molecule has 0 bridgehead atoms. The Morgan fingerprint density at radius 3 is 2.53 bits per heavy atom. The molecule has 2 heterocycles. The number of nitrogens with two attached hydrogens (primary N) is 1. The fraction of sp³-hybridized carbons (Fsp3) is 0.174. The Bertz CT molecular complexity index is 1430. The first-order valence-corrected chi connectivity index (χ1v) is 12.8. The Morgan fingerprint density at radius 2 is 1.89 bits per heavy atom.